The predicted molar refractivity (Wildman–Crippen MR) is 249 cm³/mol. The summed E-state index contributed by atoms with van der Waals surface area (Å²) in [7, 11) is 2.48. The molecule has 4 N–H and O–H groups in total. The Morgan fingerprint density at radius 1 is 0.687 bits per heavy atom. The number of methoxy groups -OCH3 is 2. The lowest BCUT2D eigenvalue weighted by Crippen LogP contribution is -2.54. The Bertz CT molecular complexity index is 2720. The average Bonchev–Trinajstić information content (AvgIpc) is 4.16. The fraction of sp³-hybridized carbons (Fsp3) is 0.373. The van der Waals surface area contributed by atoms with Gasteiger partial charge in [-0.3, -0.25) is 14.4 Å². The monoisotopic (exact) mass is 915 g/mol. The van der Waals surface area contributed by atoms with Gasteiger partial charge in [-0.15, -0.1) is 0 Å². The number of likely N-dealkylation sites (tertiary alicyclic amines) is 2. The van der Waals surface area contributed by atoms with Crippen LogP contribution in [0, 0.1) is 11.8 Å². The van der Waals surface area contributed by atoms with Crippen molar-refractivity contribution in [2.75, 3.05) is 32.6 Å². The summed E-state index contributed by atoms with van der Waals surface area (Å²) >= 11 is 0. The van der Waals surface area contributed by atoms with Gasteiger partial charge in [0.05, 0.1) is 32.2 Å². The molecule has 16 heteroatoms. The maximum absolute atomic E-state index is 16.6. The minimum absolute atomic E-state index is 0.100. The number of amides is 5. The van der Waals surface area contributed by atoms with Gasteiger partial charge < -0.3 is 40.2 Å². The van der Waals surface area contributed by atoms with E-state index in [0.717, 1.165) is 17.5 Å². The van der Waals surface area contributed by atoms with Gasteiger partial charge in [-0.25, -0.2) is 14.6 Å². The van der Waals surface area contributed by atoms with Gasteiger partial charge >= 0.3 is 12.2 Å². The number of H-pyrrole nitrogens is 1. The number of rotatable bonds is 12. The number of carbonyl (C=O) groups excluding carboxylic acids is 5. The van der Waals surface area contributed by atoms with E-state index in [1.807, 2.05) is 44.2 Å². The number of benzene rings is 4. The van der Waals surface area contributed by atoms with E-state index in [1.54, 1.807) is 73.5 Å². The van der Waals surface area contributed by atoms with Crippen molar-refractivity contribution in [3.8, 4) is 44.6 Å². The minimum Gasteiger partial charge on any atom is -0.453 e. The number of carbonyl (C=O) groups is 5. The topological polar surface area (TPSA) is 175 Å². The van der Waals surface area contributed by atoms with Crippen LogP contribution in [0.25, 0.3) is 44.6 Å². The Balaban J connectivity index is 0.977. The number of alkyl halides is 2. The van der Waals surface area contributed by atoms with E-state index in [1.165, 1.54) is 25.2 Å². The Morgan fingerprint density at radius 2 is 1.21 bits per heavy atom. The molecule has 2 aliphatic heterocycles. The molecule has 2 unspecified atom stereocenters. The number of ether oxygens (including phenoxy) is 2. The van der Waals surface area contributed by atoms with Crippen LogP contribution in [0.2, 0.25) is 0 Å². The number of halogens is 2. The number of nitrogens with one attached hydrogen (secondary N) is 4. The Labute approximate surface area is 387 Å². The molecule has 1 aromatic heterocycles. The fourth-order valence-electron chi connectivity index (χ4n) is 9.48. The molecule has 4 aromatic carbocycles. The number of aromatic amines is 1. The summed E-state index contributed by atoms with van der Waals surface area (Å²) in [6, 6.07) is 22.0. The molecule has 2 saturated heterocycles. The highest BCUT2D eigenvalue weighted by Gasteiger charge is 2.45. The molecule has 14 nitrogen and oxygen atoms in total. The summed E-state index contributed by atoms with van der Waals surface area (Å²) in [4.78, 5) is 76.2. The van der Waals surface area contributed by atoms with E-state index in [-0.39, 0.29) is 46.7 Å². The van der Waals surface area contributed by atoms with Gasteiger partial charge in [0.1, 0.15) is 23.9 Å². The molecular formula is C51H55F2N7O7. The Kier molecular flexibility index (Phi) is 13.2. The fourth-order valence-corrected chi connectivity index (χ4v) is 9.48. The maximum Gasteiger partial charge on any atom is 0.407 e. The van der Waals surface area contributed by atoms with Crippen molar-refractivity contribution in [2.24, 2.45) is 11.8 Å². The molecular weight excluding hydrogens is 861 g/mol. The molecule has 0 radical (unpaired) electrons. The van der Waals surface area contributed by atoms with Crippen LogP contribution in [-0.2, 0) is 29.8 Å². The summed E-state index contributed by atoms with van der Waals surface area (Å²) in [6.45, 7) is 8.21. The normalized spacial score (nSPS) is 18.0. The van der Waals surface area contributed by atoms with Gasteiger partial charge in [-0.2, -0.15) is 8.78 Å². The zero-order valence-corrected chi connectivity index (χ0v) is 38.3. The second-order valence-corrected chi connectivity index (χ2v) is 18.0. The Morgan fingerprint density at radius 3 is 1.81 bits per heavy atom. The summed E-state index contributed by atoms with van der Waals surface area (Å²) in [5.41, 5.74) is 5.12. The molecule has 4 atom stereocenters. The second-order valence-electron chi connectivity index (χ2n) is 18.0. The smallest absolute Gasteiger partial charge is 0.407 e. The van der Waals surface area contributed by atoms with Crippen molar-refractivity contribution in [1.82, 2.24) is 30.4 Å². The lowest BCUT2D eigenvalue weighted by molar-refractivity contribution is -0.139. The molecule has 5 amide bonds. The third-order valence-corrected chi connectivity index (χ3v) is 13.0. The van der Waals surface area contributed by atoms with E-state index < -0.39 is 36.2 Å². The lowest BCUT2D eigenvalue weighted by atomic mass is 9.97. The molecule has 2 fully saturated rings. The summed E-state index contributed by atoms with van der Waals surface area (Å²) in [5, 5.41) is 8.18. The van der Waals surface area contributed by atoms with Crippen molar-refractivity contribution in [1.29, 1.82) is 0 Å². The number of imidazole rings is 1. The number of anilines is 1. The quantitative estimate of drug-likeness (QED) is 0.0960. The highest BCUT2D eigenvalue weighted by molar-refractivity contribution is 5.99. The second kappa shape index (κ2) is 19.0. The first-order chi connectivity index (χ1) is 32.1. The molecule has 0 spiro atoms. The van der Waals surface area contributed by atoms with Gasteiger partial charge in [0.2, 0.25) is 17.7 Å². The first kappa shape index (κ1) is 46.4. The van der Waals surface area contributed by atoms with Gasteiger partial charge in [-0.1, -0.05) is 82.3 Å². The first-order valence-electron chi connectivity index (χ1n) is 22.6. The lowest BCUT2D eigenvalue weighted by Gasteiger charge is -2.30. The summed E-state index contributed by atoms with van der Waals surface area (Å²) in [6.07, 6.45) is 2.84. The largest absolute Gasteiger partial charge is 0.453 e. The van der Waals surface area contributed by atoms with Crippen molar-refractivity contribution >= 4 is 35.6 Å². The van der Waals surface area contributed by atoms with Crippen molar-refractivity contribution in [3.63, 3.8) is 0 Å². The average molecular weight is 916 g/mol. The number of hydrogen-bond donors (Lipinski definition) is 4. The standard InChI is InChI=1S/C51H55F2N7O7/c1-28(2)43(57-49(64)66-5)47(62)59-21-9-15-41(59)45-54-27-40(56-45)34-13-7-11-30(23-34)32-17-19-36-37-20-18-33(26-39(37)51(52,53)38(36)25-32)31-12-8-14-35(24-31)55-46(61)42-16-10-22-60(42)48(63)44(29(3)4)58-50(65)67-6/h7-8,11-14,17-20,23-29,41-44H,9-10,15-16,21-22H2,1-6H3,(H,54,56)(H,55,61)(H,57,64)(H,58,65)/t41?,42-,43?,44-/m0/s1. The van der Waals surface area contributed by atoms with Crippen LogP contribution in [0.5, 0.6) is 0 Å². The number of nitrogens with zero attached hydrogens (tertiary/aromatic N) is 3. The summed E-state index contributed by atoms with van der Waals surface area (Å²) < 4.78 is 42.7. The molecule has 0 saturated carbocycles. The molecule has 3 heterocycles. The molecule has 350 valence electrons. The van der Waals surface area contributed by atoms with Crippen LogP contribution in [0.4, 0.5) is 24.1 Å². The van der Waals surface area contributed by atoms with E-state index in [2.05, 4.69) is 25.9 Å². The highest BCUT2D eigenvalue weighted by atomic mass is 19.3. The molecule has 5 aromatic rings. The zero-order chi connectivity index (χ0) is 47.7. The van der Waals surface area contributed by atoms with Crippen LogP contribution in [0.3, 0.4) is 0 Å². The number of hydrogen-bond acceptors (Lipinski definition) is 8. The van der Waals surface area contributed by atoms with Gasteiger partial charge in [0.15, 0.2) is 0 Å². The third kappa shape index (κ3) is 9.21. The van der Waals surface area contributed by atoms with E-state index in [9.17, 15) is 24.0 Å². The van der Waals surface area contributed by atoms with Crippen LogP contribution < -0.4 is 16.0 Å². The number of alkyl carbamates (subject to hydrolysis) is 2. The highest BCUT2D eigenvalue weighted by Crippen LogP contribution is 2.53. The van der Waals surface area contributed by atoms with Crippen LogP contribution in [-0.4, -0.2) is 95.1 Å². The van der Waals surface area contributed by atoms with Gasteiger partial charge in [0.25, 0.3) is 5.92 Å². The molecule has 1 aliphatic carbocycles. The van der Waals surface area contributed by atoms with Crippen LogP contribution in [0.15, 0.2) is 91.1 Å². The van der Waals surface area contributed by atoms with E-state index >= 15 is 8.78 Å². The minimum atomic E-state index is -3.31. The van der Waals surface area contributed by atoms with E-state index in [4.69, 9.17) is 9.47 Å². The van der Waals surface area contributed by atoms with Crippen molar-refractivity contribution in [2.45, 2.75) is 83.5 Å². The third-order valence-electron chi connectivity index (χ3n) is 13.0. The first-order valence-corrected chi connectivity index (χ1v) is 22.6. The number of fused-ring (bicyclic) bond motifs is 3. The summed E-state index contributed by atoms with van der Waals surface area (Å²) in [5.74, 6) is -4.06. The molecule has 3 aliphatic rings. The SMILES string of the molecule is COC(=O)NC(C(=O)N1CCCC1c1ncc(-c2cccc(-c3ccc4c(c3)C(F)(F)c3cc(-c5cccc(NC(=O)[C@@H]6CCCN6C(=O)[C@@H](NC(=O)OC)C(C)C)c5)ccc3-4)c2)[nH]1)C(C)C. The molecule has 0 bridgehead atoms. The Hall–Kier alpha value is -7.10. The van der Waals surface area contributed by atoms with Crippen LogP contribution >= 0.6 is 0 Å². The van der Waals surface area contributed by atoms with Gasteiger partial charge in [-0.05, 0) is 101 Å². The zero-order valence-electron chi connectivity index (χ0n) is 38.3. The maximum atomic E-state index is 16.6. The van der Waals surface area contributed by atoms with Crippen molar-refractivity contribution in [3.05, 3.63) is 108 Å². The number of aromatic nitrogens is 2. The van der Waals surface area contributed by atoms with Crippen molar-refractivity contribution < 1.29 is 42.2 Å². The predicted octanol–water partition coefficient (Wildman–Crippen LogP) is 8.89. The van der Waals surface area contributed by atoms with Gasteiger partial charge in [0, 0.05) is 35.5 Å². The molecule has 8 rings (SSSR count). The molecule has 67 heavy (non-hydrogen) atoms. The van der Waals surface area contributed by atoms with Crippen LogP contribution in [0.1, 0.15) is 76.4 Å². The van der Waals surface area contributed by atoms with E-state index in [0.29, 0.717) is 77.4 Å².